The molecule has 0 bridgehead atoms. The molecule has 0 saturated carbocycles. The van der Waals surface area contributed by atoms with Crippen molar-refractivity contribution in [2.45, 2.75) is 45.4 Å². The van der Waals surface area contributed by atoms with Crippen molar-refractivity contribution >= 4 is 8.56 Å². The second-order valence-corrected chi connectivity index (χ2v) is 7.91. The molecule has 0 fully saturated rings. The Morgan fingerprint density at radius 2 is 1.59 bits per heavy atom. The predicted molar refractivity (Wildman–Crippen MR) is 74.2 cm³/mol. The van der Waals surface area contributed by atoms with E-state index in [-0.39, 0.29) is 0 Å². The molecule has 0 aromatic heterocycles. The lowest BCUT2D eigenvalue weighted by Gasteiger charge is -2.28. The van der Waals surface area contributed by atoms with Crippen LogP contribution in [-0.4, -0.2) is 15.7 Å². The summed E-state index contributed by atoms with van der Waals surface area (Å²) in [5, 5.41) is 0. The Bertz CT molecular complexity index is 294. The molecule has 0 N–H and O–H groups in total. The monoisotopic (exact) mass is 252 g/mol. The first-order valence-electron chi connectivity index (χ1n) is 6.49. The molecule has 1 aromatic rings. The highest BCUT2D eigenvalue weighted by Gasteiger charge is 2.34. The van der Waals surface area contributed by atoms with Crippen LogP contribution in [0.2, 0.25) is 12.1 Å². The maximum absolute atomic E-state index is 6.16. The fourth-order valence-electron chi connectivity index (χ4n) is 2.08. The molecule has 0 heterocycles. The van der Waals surface area contributed by atoms with Crippen LogP contribution < -0.4 is 0 Å². The van der Waals surface area contributed by atoms with Gasteiger partial charge in [0.15, 0.2) is 0 Å². The highest BCUT2D eigenvalue weighted by Crippen LogP contribution is 2.23. The molecule has 0 spiro atoms. The summed E-state index contributed by atoms with van der Waals surface area (Å²) in [6.45, 7) is 5.07. The number of benzene rings is 1. The van der Waals surface area contributed by atoms with Gasteiger partial charge in [0.2, 0.25) is 0 Å². The van der Waals surface area contributed by atoms with Gasteiger partial charge in [-0.15, -0.1) is 0 Å². The summed E-state index contributed by atoms with van der Waals surface area (Å²) in [6, 6.07) is 12.5. The molecular formula is C14H24O2Si. The minimum atomic E-state index is -1.95. The van der Waals surface area contributed by atoms with E-state index in [2.05, 4.69) is 26.0 Å². The molecule has 0 amide bonds. The molecule has 96 valence electrons. The molecule has 0 saturated heterocycles. The third-order valence-corrected chi connectivity index (χ3v) is 6.92. The van der Waals surface area contributed by atoms with Gasteiger partial charge in [0.25, 0.3) is 0 Å². The van der Waals surface area contributed by atoms with Crippen LogP contribution >= 0.6 is 0 Å². The third kappa shape index (κ3) is 4.62. The fourth-order valence-corrected chi connectivity index (χ4v) is 5.10. The molecule has 0 aliphatic carbocycles. The van der Waals surface area contributed by atoms with E-state index in [1.54, 1.807) is 0 Å². The van der Waals surface area contributed by atoms with Gasteiger partial charge in [-0.3, -0.25) is 0 Å². The lowest BCUT2D eigenvalue weighted by Crippen LogP contribution is -2.40. The molecule has 0 aliphatic heterocycles. The van der Waals surface area contributed by atoms with Crippen molar-refractivity contribution < 1.29 is 8.85 Å². The van der Waals surface area contributed by atoms with E-state index >= 15 is 0 Å². The van der Waals surface area contributed by atoms with Crippen LogP contribution in [0.1, 0.15) is 32.3 Å². The SMILES string of the molecule is CCC[Si](CCC)(OC)OCc1ccccc1. The molecule has 17 heavy (non-hydrogen) atoms. The Morgan fingerprint density at radius 3 is 2.06 bits per heavy atom. The van der Waals surface area contributed by atoms with Gasteiger partial charge < -0.3 is 8.85 Å². The number of hydrogen-bond acceptors (Lipinski definition) is 2. The lowest BCUT2D eigenvalue weighted by atomic mass is 10.2. The van der Waals surface area contributed by atoms with E-state index in [4.69, 9.17) is 8.85 Å². The minimum absolute atomic E-state index is 0.681. The molecule has 3 heteroatoms. The number of hydrogen-bond donors (Lipinski definition) is 0. The van der Waals surface area contributed by atoms with E-state index in [0.717, 1.165) is 24.9 Å². The topological polar surface area (TPSA) is 18.5 Å². The summed E-state index contributed by atoms with van der Waals surface area (Å²) >= 11 is 0. The summed E-state index contributed by atoms with van der Waals surface area (Å²) in [5.74, 6) is 0. The first-order chi connectivity index (χ1) is 8.26. The van der Waals surface area contributed by atoms with E-state index in [9.17, 15) is 0 Å². The van der Waals surface area contributed by atoms with Crippen molar-refractivity contribution in [2.75, 3.05) is 7.11 Å². The highest BCUT2D eigenvalue weighted by atomic mass is 28.4. The molecule has 1 rings (SSSR count). The minimum Gasteiger partial charge on any atom is -0.398 e. The van der Waals surface area contributed by atoms with Crippen molar-refractivity contribution in [3.63, 3.8) is 0 Å². The van der Waals surface area contributed by atoms with E-state index in [1.165, 1.54) is 5.56 Å². The summed E-state index contributed by atoms with van der Waals surface area (Å²) < 4.78 is 11.9. The largest absolute Gasteiger partial charge is 0.398 e. The van der Waals surface area contributed by atoms with Gasteiger partial charge in [-0.1, -0.05) is 57.0 Å². The Morgan fingerprint density at radius 1 is 1.00 bits per heavy atom. The Hall–Kier alpha value is -0.643. The smallest absolute Gasteiger partial charge is 0.338 e. The van der Waals surface area contributed by atoms with Crippen molar-refractivity contribution in [3.05, 3.63) is 35.9 Å². The van der Waals surface area contributed by atoms with Gasteiger partial charge in [-0.05, 0) is 17.7 Å². The van der Waals surface area contributed by atoms with Crippen molar-refractivity contribution in [3.8, 4) is 0 Å². The summed E-state index contributed by atoms with van der Waals surface area (Å²) in [7, 11) is -0.144. The molecule has 0 radical (unpaired) electrons. The Kier molecular flexibility index (Phi) is 6.48. The average Bonchev–Trinajstić information content (AvgIpc) is 2.38. The summed E-state index contributed by atoms with van der Waals surface area (Å²) in [4.78, 5) is 0. The molecule has 0 atom stereocenters. The molecule has 2 nitrogen and oxygen atoms in total. The second-order valence-electron chi connectivity index (χ2n) is 4.39. The second kappa shape index (κ2) is 7.64. The Balaban J connectivity index is 2.59. The fraction of sp³-hybridized carbons (Fsp3) is 0.571. The highest BCUT2D eigenvalue weighted by molar-refractivity contribution is 6.67. The van der Waals surface area contributed by atoms with E-state index < -0.39 is 8.56 Å². The Labute approximate surface area is 106 Å². The van der Waals surface area contributed by atoms with Gasteiger partial charge in [-0.25, -0.2) is 0 Å². The molecule has 1 aromatic carbocycles. The predicted octanol–water partition coefficient (Wildman–Crippen LogP) is 4.11. The summed E-state index contributed by atoms with van der Waals surface area (Å²) in [5.41, 5.74) is 1.23. The molecule has 0 unspecified atom stereocenters. The maximum Gasteiger partial charge on any atom is 0.338 e. The zero-order chi connectivity index (χ0) is 12.6. The lowest BCUT2D eigenvalue weighted by molar-refractivity contribution is 0.188. The quantitative estimate of drug-likeness (QED) is 0.648. The molecule has 0 aliphatic rings. The van der Waals surface area contributed by atoms with Crippen molar-refractivity contribution in [1.29, 1.82) is 0 Å². The van der Waals surface area contributed by atoms with Crippen LogP contribution in [0.25, 0.3) is 0 Å². The van der Waals surface area contributed by atoms with Crippen LogP contribution in [-0.2, 0) is 15.5 Å². The zero-order valence-electron chi connectivity index (χ0n) is 11.2. The van der Waals surface area contributed by atoms with E-state index in [0.29, 0.717) is 6.61 Å². The molecular weight excluding hydrogens is 228 g/mol. The van der Waals surface area contributed by atoms with Crippen LogP contribution in [0.15, 0.2) is 30.3 Å². The zero-order valence-corrected chi connectivity index (χ0v) is 12.2. The van der Waals surface area contributed by atoms with Crippen LogP contribution in [0.5, 0.6) is 0 Å². The maximum atomic E-state index is 6.16. The van der Waals surface area contributed by atoms with Gasteiger partial charge in [-0.2, -0.15) is 0 Å². The third-order valence-electron chi connectivity index (χ3n) is 2.98. The van der Waals surface area contributed by atoms with Gasteiger partial charge in [0.1, 0.15) is 0 Å². The van der Waals surface area contributed by atoms with Crippen molar-refractivity contribution in [2.24, 2.45) is 0 Å². The van der Waals surface area contributed by atoms with Crippen LogP contribution in [0, 0.1) is 0 Å². The summed E-state index contributed by atoms with van der Waals surface area (Å²) in [6.07, 6.45) is 2.27. The van der Waals surface area contributed by atoms with Crippen LogP contribution in [0.3, 0.4) is 0 Å². The van der Waals surface area contributed by atoms with Gasteiger partial charge >= 0.3 is 8.56 Å². The average molecular weight is 252 g/mol. The van der Waals surface area contributed by atoms with Gasteiger partial charge in [0.05, 0.1) is 6.61 Å². The van der Waals surface area contributed by atoms with E-state index in [1.807, 2.05) is 25.3 Å². The first-order valence-corrected chi connectivity index (χ1v) is 8.72. The normalized spacial score (nSPS) is 11.7. The van der Waals surface area contributed by atoms with Gasteiger partial charge in [0, 0.05) is 7.11 Å². The standard InChI is InChI=1S/C14H24O2Si/c1-4-11-17(15-3,12-5-2)16-13-14-9-7-6-8-10-14/h6-10H,4-5,11-13H2,1-3H3. The first kappa shape index (κ1) is 14.4. The van der Waals surface area contributed by atoms with Crippen molar-refractivity contribution in [1.82, 2.24) is 0 Å². The van der Waals surface area contributed by atoms with Crippen LogP contribution in [0.4, 0.5) is 0 Å². The number of rotatable bonds is 8.